The largest absolute Gasteiger partial charge is 0.388 e. The van der Waals surface area contributed by atoms with Crippen molar-refractivity contribution in [3.05, 3.63) is 11.6 Å². The van der Waals surface area contributed by atoms with Crippen molar-refractivity contribution in [2.45, 2.75) is 63.9 Å². The molecule has 0 aromatic carbocycles. The Balaban J connectivity index is 1.94. The number of aliphatic hydroxyl groups excluding tert-OH is 1. The Hall–Kier alpha value is -0.300. The molecule has 0 heterocycles. The van der Waals surface area contributed by atoms with Gasteiger partial charge in [0.05, 0.1) is 6.10 Å². The topological polar surface area (TPSA) is 20.2 Å². The first-order valence-corrected chi connectivity index (χ1v) is 6.25. The Kier molecular flexibility index (Phi) is 3.63. The molecule has 2 rings (SSSR count). The minimum atomic E-state index is -0.101. The zero-order valence-corrected chi connectivity index (χ0v) is 9.04. The third kappa shape index (κ3) is 2.38. The minimum Gasteiger partial charge on any atom is -0.388 e. The molecule has 0 spiro atoms. The second-order valence-corrected chi connectivity index (χ2v) is 4.87. The van der Waals surface area contributed by atoms with Crippen LogP contribution in [0.25, 0.3) is 0 Å². The third-order valence-electron chi connectivity index (χ3n) is 3.80. The molecule has 14 heavy (non-hydrogen) atoms. The first-order chi connectivity index (χ1) is 6.88. The fourth-order valence-electron chi connectivity index (χ4n) is 2.88. The molecule has 0 aromatic heterocycles. The molecule has 1 saturated carbocycles. The lowest BCUT2D eigenvalue weighted by molar-refractivity contribution is 0.140. The van der Waals surface area contributed by atoms with Crippen LogP contribution < -0.4 is 0 Å². The highest BCUT2D eigenvalue weighted by Crippen LogP contribution is 2.33. The van der Waals surface area contributed by atoms with E-state index in [0.29, 0.717) is 5.92 Å². The van der Waals surface area contributed by atoms with Gasteiger partial charge in [0.2, 0.25) is 0 Å². The maximum absolute atomic E-state index is 10.2. The first-order valence-electron chi connectivity index (χ1n) is 6.25. The second-order valence-electron chi connectivity index (χ2n) is 4.87. The molecule has 1 fully saturated rings. The molecule has 80 valence electrons. The Bertz CT molecular complexity index is 201. The smallest absolute Gasteiger partial charge is 0.0778 e. The standard InChI is InChI=1S/C13H22O/c14-13(12-9-5-6-10-12)11-7-3-1-2-4-8-11/h7,12-14H,1-6,8-10H2. The molecule has 0 radical (unpaired) electrons. The van der Waals surface area contributed by atoms with Gasteiger partial charge in [0, 0.05) is 0 Å². The summed E-state index contributed by atoms with van der Waals surface area (Å²) in [6.07, 6.45) is 13.7. The van der Waals surface area contributed by atoms with Gasteiger partial charge in [-0.15, -0.1) is 0 Å². The zero-order chi connectivity index (χ0) is 9.80. The highest BCUT2D eigenvalue weighted by atomic mass is 16.3. The fraction of sp³-hybridized carbons (Fsp3) is 0.846. The van der Waals surface area contributed by atoms with E-state index in [1.54, 1.807) is 0 Å². The number of rotatable bonds is 2. The molecule has 0 aliphatic heterocycles. The van der Waals surface area contributed by atoms with Gasteiger partial charge in [0.15, 0.2) is 0 Å². The normalized spacial score (nSPS) is 27.1. The molecular weight excluding hydrogens is 172 g/mol. The molecule has 2 aliphatic carbocycles. The van der Waals surface area contributed by atoms with Crippen LogP contribution in [0.4, 0.5) is 0 Å². The van der Waals surface area contributed by atoms with Gasteiger partial charge in [-0.25, -0.2) is 0 Å². The maximum atomic E-state index is 10.2. The highest BCUT2D eigenvalue weighted by Gasteiger charge is 2.25. The highest BCUT2D eigenvalue weighted by molar-refractivity contribution is 5.11. The molecular formula is C13H22O. The molecule has 1 nitrogen and oxygen atoms in total. The van der Waals surface area contributed by atoms with Crippen molar-refractivity contribution >= 4 is 0 Å². The molecule has 0 amide bonds. The van der Waals surface area contributed by atoms with Crippen molar-refractivity contribution in [1.29, 1.82) is 0 Å². The van der Waals surface area contributed by atoms with E-state index in [1.165, 1.54) is 56.9 Å². The maximum Gasteiger partial charge on any atom is 0.0778 e. The fourth-order valence-corrected chi connectivity index (χ4v) is 2.88. The summed E-state index contributed by atoms with van der Waals surface area (Å²) < 4.78 is 0. The van der Waals surface area contributed by atoms with Crippen molar-refractivity contribution in [3.63, 3.8) is 0 Å². The number of aliphatic hydroxyl groups is 1. The summed E-state index contributed by atoms with van der Waals surface area (Å²) in [5, 5.41) is 10.2. The van der Waals surface area contributed by atoms with Crippen molar-refractivity contribution in [2.75, 3.05) is 0 Å². The monoisotopic (exact) mass is 194 g/mol. The van der Waals surface area contributed by atoms with E-state index >= 15 is 0 Å². The van der Waals surface area contributed by atoms with E-state index in [1.807, 2.05) is 0 Å². The average Bonchev–Trinajstić information content (AvgIpc) is 2.59. The van der Waals surface area contributed by atoms with Crippen LogP contribution in [-0.2, 0) is 0 Å². The van der Waals surface area contributed by atoms with Gasteiger partial charge >= 0.3 is 0 Å². The van der Waals surface area contributed by atoms with Gasteiger partial charge in [-0.1, -0.05) is 25.3 Å². The lowest BCUT2D eigenvalue weighted by atomic mass is 9.92. The molecule has 0 saturated heterocycles. The second kappa shape index (κ2) is 4.97. The number of hydrogen-bond donors (Lipinski definition) is 1. The van der Waals surface area contributed by atoms with Gasteiger partial charge in [0.1, 0.15) is 0 Å². The van der Waals surface area contributed by atoms with Crippen molar-refractivity contribution in [1.82, 2.24) is 0 Å². The van der Waals surface area contributed by atoms with Gasteiger partial charge in [-0.05, 0) is 50.0 Å². The third-order valence-corrected chi connectivity index (χ3v) is 3.80. The summed E-state index contributed by atoms with van der Waals surface area (Å²) in [6.45, 7) is 0. The predicted octanol–water partition coefficient (Wildman–Crippen LogP) is 3.43. The van der Waals surface area contributed by atoms with Crippen LogP contribution in [0.15, 0.2) is 11.6 Å². The average molecular weight is 194 g/mol. The van der Waals surface area contributed by atoms with E-state index < -0.39 is 0 Å². The van der Waals surface area contributed by atoms with Gasteiger partial charge in [-0.3, -0.25) is 0 Å². The molecule has 2 aliphatic rings. The summed E-state index contributed by atoms with van der Waals surface area (Å²) >= 11 is 0. The van der Waals surface area contributed by atoms with E-state index in [0.717, 1.165) is 6.42 Å². The van der Waals surface area contributed by atoms with Crippen LogP contribution >= 0.6 is 0 Å². The zero-order valence-electron chi connectivity index (χ0n) is 9.04. The molecule has 1 heteroatoms. The quantitative estimate of drug-likeness (QED) is 0.668. The SMILES string of the molecule is OC(C1=CCCCCC1)C1CCCC1. The van der Waals surface area contributed by atoms with Crippen LogP contribution in [-0.4, -0.2) is 11.2 Å². The van der Waals surface area contributed by atoms with Crippen LogP contribution in [0.5, 0.6) is 0 Å². The molecule has 0 aromatic rings. The first kappa shape index (κ1) is 10.2. The van der Waals surface area contributed by atoms with Gasteiger partial charge in [-0.2, -0.15) is 0 Å². The van der Waals surface area contributed by atoms with E-state index in [-0.39, 0.29) is 6.10 Å². The number of allylic oxidation sites excluding steroid dienone is 1. The summed E-state index contributed by atoms with van der Waals surface area (Å²) in [4.78, 5) is 0. The Labute approximate surface area is 87.2 Å². The van der Waals surface area contributed by atoms with Crippen molar-refractivity contribution in [3.8, 4) is 0 Å². The Morgan fingerprint density at radius 1 is 1.07 bits per heavy atom. The van der Waals surface area contributed by atoms with Gasteiger partial charge < -0.3 is 5.11 Å². The summed E-state index contributed by atoms with van der Waals surface area (Å²) in [7, 11) is 0. The van der Waals surface area contributed by atoms with Crippen molar-refractivity contribution < 1.29 is 5.11 Å². The molecule has 1 atom stereocenters. The van der Waals surface area contributed by atoms with Crippen LogP contribution in [0.2, 0.25) is 0 Å². The molecule has 1 unspecified atom stereocenters. The van der Waals surface area contributed by atoms with Crippen molar-refractivity contribution in [2.24, 2.45) is 5.92 Å². The van der Waals surface area contributed by atoms with E-state index in [2.05, 4.69) is 6.08 Å². The van der Waals surface area contributed by atoms with Crippen LogP contribution in [0.3, 0.4) is 0 Å². The number of hydrogen-bond acceptors (Lipinski definition) is 1. The Morgan fingerprint density at radius 2 is 1.86 bits per heavy atom. The van der Waals surface area contributed by atoms with Gasteiger partial charge in [0.25, 0.3) is 0 Å². The van der Waals surface area contributed by atoms with E-state index in [9.17, 15) is 5.11 Å². The van der Waals surface area contributed by atoms with Crippen LogP contribution in [0, 0.1) is 5.92 Å². The summed E-state index contributed by atoms with van der Waals surface area (Å²) in [5.41, 5.74) is 1.36. The lowest BCUT2D eigenvalue weighted by Gasteiger charge is -2.20. The Morgan fingerprint density at radius 3 is 2.64 bits per heavy atom. The predicted molar refractivity (Wildman–Crippen MR) is 59.1 cm³/mol. The molecule has 1 N–H and O–H groups in total. The minimum absolute atomic E-state index is 0.101. The summed E-state index contributed by atoms with van der Waals surface area (Å²) in [6, 6.07) is 0. The van der Waals surface area contributed by atoms with Crippen LogP contribution in [0.1, 0.15) is 57.8 Å². The summed E-state index contributed by atoms with van der Waals surface area (Å²) in [5.74, 6) is 0.583. The lowest BCUT2D eigenvalue weighted by Crippen LogP contribution is -2.20. The van der Waals surface area contributed by atoms with E-state index in [4.69, 9.17) is 0 Å². The molecule has 0 bridgehead atoms.